The van der Waals surface area contributed by atoms with Crippen molar-refractivity contribution in [3.05, 3.63) is 23.9 Å². The van der Waals surface area contributed by atoms with Gasteiger partial charge >= 0.3 is 0 Å². The van der Waals surface area contributed by atoms with Crippen LogP contribution in [0.5, 0.6) is 0 Å². The van der Waals surface area contributed by atoms with Crippen LogP contribution in [0.2, 0.25) is 0 Å². The Morgan fingerprint density at radius 1 is 1.26 bits per heavy atom. The van der Waals surface area contributed by atoms with Crippen molar-refractivity contribution >= 4 is 5.82 Å². The Bertz CT molecular complexity index is 372. The van der Waals surface area contributed by atoms with Crippen LogP contribution in [0.3, 0.4) is 0 Å². The van der Waals surface area contributed by atoms with Crippen molar-refractivity contribution in [3.8, 4) is 0 Å². The van der Waals surface area contributed by atoms with Crippen LogP contribution in [0.25, 0.3) is 0 Å². The van der Waals surface area contributed by atoms with Gasteiger partial charge in [0.2, 0.25) is 0 Å². The van der Waals surface area contributed by atoms with Gasteiger partial charge in [0.05, 0.1) is 5.69 Å². The van der Waals surface area contributed by atoms with Gasteiger partial charge in [0.15, 0.2) is 0 Å². The van der Waals surface area contributed by atoms with E-state index in [1.54, 1.807) is 0 Å². The molecule has 2 rings (SSSR count). The largest absolute Gasteiger partial charge is 0.370 e. The molecule has 1 aromatic heterocycles. The van der Waals surface area contributed by atoms with Crippen LogP contribution in [0.15, 0.2) is 18.2 Å². The molecule has 0 unspecified atom stereocenters. The minimum atomic E-state index is 0.753. The van der Waals surface area contributed by atoms with E-state index >= 15 is 0 Å². The average molecular weight is 261 g/mol. The van der Waals surface area contributed by atoms with Gasteiger partial charge in [0.1, 0.15) is 5.82 Å². The fraction of sp³-hybridized carbons (Fsp3) is 0.688. The van der Waals surface area contributed by atoms with Crippen molar-refractivity contribution in [1.29, 1.82) is 0 Å². The Morgan fingerprint density at radius 2 is 2.05 bits per heavy atom. The molecule has 0 amide bonds. The van der Waals surface area contributed by atoms with Crippen LogP contribution in [-0.2, 0) is 6.54 Å². The highest BCUT2D eigenvalue weighted by Crippen LogP contribution is 2.22. The zero-order valence-electron chi connectivity index (χ0n) is 12.4. The molecule has 19 heavy (non-hydrogen) atoms. The van der Waals surface area contributed by atoms with E-state index in [0.29, 0.717) is 0 Å². The first kappa shape index (κ1) is 14.3. The second kappa shape index (κ2) is 7.49. The minimum Gasteiger partial charge on any atom is -0.370 e. The summed E-state index contributed by atoms with van der Waals surface area (Å²) in [6.45, 7) is 4.13. The monoisotopic (exact) mass is 261 g/mol. The Hall–Kier alpha value is -1.09. The smallest absolute Gasteiger partial charge is 0.126 e. The summed E-state index contributed by atoms with van der Waals surface area (Å²) in [6.07, 6.45) is 8.03. The minimum absolute atomic E-state index is 0.753. The van der Waals surface area contributed by atoms with E-state index in [0.717, 1.165) is 31.4 Å². The van der Waals surface area contributed by atoms with E-state index in [9.17, 15) is 0 Å². The van der Waals surface area contributed by atoms with E-state index in [4.69, 9.17) is 4.98 Å². The lowest BCUT2D eigenvalue weighted by Gasteiger charge is -2.30. The number of hydrogen-bond acceptors (Lipinski definition) is 3. The number of pyridine rings is 1. The van der Waals surface area contributed by atoms with Crippen molar-refractivity contribution in [3.63, 3.8) is 0 Å². The Balaban J connectivity index is 1.90. The fourth-order valence-electron chi connectivity index (χ4n) is 2.83. The van der Waals surface area contributed by atoms with E-state index in [-0.39, 0.29) is 0 Å². The van der Waals surface area contributed by atoms with Crippen molar-refractivity contribution in [2.24, 2.45) is 0 Å². The first-order valence-corrected chi connectivity index (χ1v) is 7.69. The van der Waals surface area contributed by atoms with E-state index in [1.807, 2.05) is 0 Å². The van der Waals surface area contributed by atoms with Crippen LogP contribution in [0, 0.1) is 0 Å². The number of rotatable bonds is 6. The second-order valence-electron chi connectivity index (χ2n) is 5.65. The first-order valence-electron chi connectivity index (χ1n) is 7.69. The third-order valence-corrected chi connectivity index (χ3v) is 3.97. The molecule has 0 bridgehead atoms. The molecular weight excluding hydrogens is 234 g/mol. The van der Waals surface area contributed by atoms with Gasteiger partial charge in [-0.15, -0.1) is 0 Å². The molecule has 0 atom stereocenters. The van der Waals surface area contributed by atoms with Crippen LogP contribution >= 0.6 is 0 Å². The van der Waals surface area contributed by atoms with Crippen LogP contribution in [0.4, 0.5) is 5.82 Å². The zero-order chi connectivity index (χ0) is 13.5. The Kier molecular flexibility index (Phi) is 5.64. The van der Waals surface area contributed by atoms with Crippen LogP contribution in [-0.4, -0.2) is 29.5 Å². The van der Waals surface area contributed by atoms with Gasteiger partial charge in [-0.2, -0.15) is 0 Å². The summed E-state index contributed by atoms with van der Waals surface area (Å²) in [5, 5.41) is 3.36. The molecule has 1 heterocycles. The third-order valence-electron chi connectivity index (χ3n) is 3.97. The predicted octanol–water partition coefficient (Wildman–Crippen LogP) is 3.67. The average Bonchev–Trinajstić information content (AvgIpc) is 2.46. The van der Waals surface area contributed by atoms with Gasteiger partial charge in [0.25, 0.3) is 0 Å². The molecular formula is C16H27N3. The van der Waals surface area contributed by atoms with Crippen LogP contribution < -0.4 is 5.32 Å². The highest BCUT2D eigenvalue weighted by atomic mass is 15.1. The van der Waals surface area contributed by atoms with Crippen molar-refractivity contribution in [2.75, 3.05) is 18.9 Å². The van der Waals surface area contributed by atoms with E-state index in [1.165, 1.54) is 37.8 Å². The molecule has 3 heteroatoms. The zero-order valence-corrected chi connectivity index (χ0v) is 12.4. The van der Waals surface area contributed by atoms with Gasteiger partial charge < -0.3 is 5.32 Å². The van der Waals surface area contributed by atoms with Crippen molar-refractivity contribution in [2.45, 2.75) is 58.0 Å². The topological polar surface area (TPSA) is 28.2 Å². The number of nitrogens with one attached hydrogen (secondary N) is 1. The second-order valence-corrected chi connectivity index (χ2v) is 5.65. The molecule has 0 radical (unpaired) electrons. The maximum absolute atomic E-state index is 4.69. The molecule has 3 nitrogen and oxygen atoms in total. The van der Waals surface area contributed by atoms with Gasteiger partial charge in [-0.05, 0) is 38.4 Å². The normalized spacial score (nSPS) is 16.8. The fourth-order valence-corrected chi connectivity index (χ4v) is 2.83. The number of nitrogens with zero attached hydrogens (tertiary/aromatic N) is 2. The standard InChI is InChI=1S/C16H27N3/c1-3-12-17-16-11-7-8-14(18-16)13-19(2)15-9-5-4-6-10-15/h7-8,11,15H,3-6,9-10,12-13H2,1-2H3,(H,17,18). The van der Waals surface area contributed by atoms with Gasteiger partial charge in [-0.25, -0.2) is 4.98 Å². The highest BCUT2D eigenvalue weighted by Gasteiger charge is 2.18. The maximum atomic E-state index is 4.69. The summed E-state index contributed by atoms with van der Waals surface area (Å²) in [5.74, 6) is 1.01. The quantitative estimate of drug-likeness (QED) is 0.847. The lowest BCUT2D eigenvalue weighted by atomic mass is 9.94. The van der Waals surface area contributed by atoms with E-state index < -0.39 is 0 Å². The number of aromatic nitrogens is 1. The Labute approximate surface area is 117 Å². The molecule has 1 aliphatic rings. The van der Waals surface area contributed by atoms with Crippen molar-refractivity contribution in [1.82, 2.24) is 9.88 Å². The molecule has 106 valence electrons. The van der Waals surface area contributed by atoms with Gasteiger partial charge in [-0.1, -0.05) is 32.3 Å². The molecule has 0 aromatic carbocycles. The first-order chi connectivity index (χ1) is 9.29. The number of hydrogen-bond donors (Lipinski definition) is 1. The maximum Gasteiger partial charge on any atom is 0.126 e. The third kappa shape index (κ3) is 4.50. The predicted molar refractivity (Wildman–Crippen MR) is 81.4 cm³/mol. The molecule has 1 fully saturated rings. The van der Waals surface area contributed by atoms with Crippen LogP contribution in [0.1, 0.15) is 51.1 Å². The SMILES string of the molecule is CCCNc1cccc(CN(C)C2CCCCC2)n1. The molecule has 1 aromatic rings. The lowest BCUT2D eigenvalue weighted by Crippen LogP contribution is -2.33. The lowest BCUT2D eigenvalue weighted by molar-refractivity contribution is 0.183. The summed E-state index contributed by atoms with van der Waals surface area (Å²) in [7, 11) is 2.24. The molecule has 1 saturated carbocycles. The molecule has 0 saturated heterocycles. The van der Waals surface area contributed by atoms with Gasteiger partial charge in [-0.3, -0.25) is 4.90 Å². The molecule has 0 spiro atoms. The molecule has 0 aliphatic heterocycles. The summed E-state index contributed by atoms with van der Waals surface area (Å²) < 4.78 is 0. The highest BCUT2D eigenvalue weighted by molar-refractivity contribution is 5.35. The summed E-state index contributed by atoms with van der Waals surface area (Å²) >= 11 is 0. The Morgan fingerprint density at radius 3 is 2.79 bits per heavy atom. The van der Waals surface area contributed by atoms with Crippen molar-refractivity contribution < 1.29 is 0 Å². The molecule has 1 N–H and O–H groups in total. The summed E-state index contributed by atoms with van der Waals surface area (Å²) in [5.41, 5.74) is 1.18. The number of anilines is 1. The summed E-state index contributed by atoms with van der Waals surface area (Å²) in [4.78, 5) is 7.17. The van der Waals surface area contributed by atoms with Gasteiger partial charge in [0, 0.05) is 19.1 Å². The van der Waals surface area contributed by atoms with E-state index in [2.05, 4.69) is 42.4 Å². The summed E-state index contributed by atoms with van der Waals surface area (Å²) in [6, 6.07) is 7.05. The molecule has 1 aliphatic carbocycles.